The molecule has 0 bridgehead atoms. The van der Waals surface area contributed by atoms with E-state index in [1.54, 1.807) is 6.08 Å². The lowest BCUT2D eigenvalue weighted by Gasteiger charge is -2.30. The number of hydrogen-bond donors (Lipinski definition) is 2. The van der Waals surface area contributed by atoms with Crippen molar-refractivity contribution in [2.75, 3.05) is 13.2 Å². The van der Waals surface area contributed by atoms with E-state index in [0.29, 0.717) is 19.1 Å². The van der Waals surface area contributed by atoms with E-state index in [1.165, 1.54) is 0 Å². The zero-order chi connectivity index (χ0) is 15.7. The summed E-state index contributed by atoms with van der Waals surface area (Å²) in [5.74, 6) is -0.947. The maximum Gasteiger partial charge on any atom is 0.328 e. The molecule has 1 aromatic carbocycles. The van der Waals surface area contributed by atoms with Crippen molar-refractivity contribution in [2.24, 2.45) is 0 Å². The van der Waals surface area contributed by atoms with Gasteiger partial charge in [-0.25, -0.2) is 4.79 Å². The molecule has 0 atom stereocenters. The number of carboxylic acids is 1. The van der Waals surface area contributed by atoms with Gasteiger partial charge in [-0.2, -0.15) is 0 Å². The molecule has 0 saturated heterocycles. The van der Waals surface area contributed by atoms with Crippen LogP contribution >= 0.6 is 0 Å². The minimum atomic E-state index is -0.947. The van der Waals surface area contributed by atoms with Crippen LogP contribution in [-0.4, -0.2) is 40.3 Å². The maximum atomic E-state index is 10.7. The van der Waals surface area contributed by atoms with E-state index in [1.807, 2.05) is 24.3 Å². The Balaban J connectivity index is 2.95. The van der Waals surface area contributed by atoms with Crippen molar-refractivity contribution in [3.8, 4) is 0 Å². The molecule has 0 aliphatic rings. The van der Waals surface area contributed by atoms with E-state index in [2.05, 4.69) is 18.7 Å². The van der Waals surface area contributed by atoms with Crippen molar-refractivity contribution < 1.29 is 15.0 Å². The van der Waals surface area contributed by atoms with Crippen molar-refractivity contribution in [2.45, 2.75) is 39.3 Å². The van der Waals surface area contributed by atoms with Gasteiger partial charge < -0.3 is 10.2 Å². The van der Waals surface area contributed by atoms with Gasteiger partial charge in [-0.15, -0.1) is 0 Å². The van der Waals surface area contributed by atoms with E-state index < -0.39 is 5.97 Å². The molecule has 0 radical (unpaired) electrons. The van der Waals surface area contributed by atoms with Gasteiger partial charge >= 0.3 is 5.97 Å². The zero-order valence-electron chi connectivity index (χ0n) is 12.8. The molecule has 4 nitrogen and oxygen atoms in total. The quantitative estimate of drug-likeness (QED) is 0.687. The van der Waals surface area contributed by atoms with Gasteiger partial charge in [0, 0.05) is 25.2 Å². The van der Waals surface area contributed by atoms with Gasteiger partial charge in [0.15, 0.2) is 0 Å². The van der Waals surface area contributed by atoms with Gasteiger partial charge in [0.1, 0.15) is 0 Å². The monoisotopic (exact) mass is 291 g/mol. The first-order chi connectivity index (χ1) is 10.1. The smallest absolute Gasteiger partial charge is 0.328 e. The molecule has 0 aliphatic heterocycles. The summed E-state index contributed by atoms with van der Waals surface area (Å²) < 4.78 is 0. The minimum absolute atomic E-state index is 0.129. The highest BCUT2D eigenvalue weighted by Crippen LogP contribution is 2.17. The number of aliphatic hydroxyl groups excluding tert-OH is 1. The van der Waals surface area contributed by atoms with Crippen molar-refractivity contribution in [3.05, 3.63) is 41.5 Å². The molecular weight excluding hydrogens is 266 g/mol. The summed E-state index contributed by atoms with van der Waals surface area (Å²) in [6.45, 7) is 5.77. The van der Waals surface area contributed by atoms with Crippen molar-refractivity contribution in [3.63, 3.8) is 0 Å². The third kappa shape index (κ3) is 5.69. The molecule has 2 N–H and O–H groups in total. The molecule has 4 heteroatoms. The molecule has 0 spiro atoms. The highest BCUT2D eigenvalue weighted by molar-refractivity contribution is 5.85. The molecule has 21 heavy (non-hydrogen) atoms. The number of aliphatic carboxylic acids is 1. The van der Waals surface area contributed by atoms with Crippen molar-refractivity contribution in [1.29, 1.82) is 0 Å². The molecule has 0 aromatic heterocycles. The van der Waals surface area contributed by atoms with Gasteiger partial charge in [-0.1, -0.05) is 38.1 Å². The van der Waals surface area contributed by atoms with Gasteiger partial charge in [-0.05, 0) is 30.0 Å². The highest BCUT2D eigenvalue weighted by Gasteiger charge is 2.15. The first-order valence-electron chi connectivity index (χ1n) is 7.46. The lowest BCUT2D eigenvalue weighted by atomic mass is 10.0. The average Bonchev–Trinajstić information content (AvgIpc) is 2.47. The first kappa shape index (κ1) is 17.4. The SMILES string of the molecule is CCC(CC)N(CCO)Cc1ccccc1C=CC(=O)O. The summed E-state index contributed by atoms with van der Waals surface area (Å²) in [6.07, 6.45) is 4.85. The fraction of sp³-hybridized carbons (Fsp3) is 0.471. The van der Waals surface area contributed by atoms with Crippen molar-refractivity contribution in [1.82, 2.24) is 4.90 Å². The van der Waals surface area contributed by atoms with E-state index in [-0.39, 0.29) is 6.61 Å². The van der Waals surface area contributed by atoms with Crippen LogP contribution in [0.2, 0.25) is 0 Å². The Labute approximate surface area is 126 Å². The van der Waals surface area contributed by atoms with Crippen LogP contribution in [0, 0.1) is 0 Å². The number of carboxylic acid groups (broad SMARTS) is 1. The van der Waals surface area contributed by atoms with E-state index in [4.69, 9.17) is 5.11 Å². The average molecular weight is 291 g/mol. The van der Waals surface area contributed by atoms with Crippen LogP contribution < -0.4 is 0 Å². The second kappa shape index (κ2) is 9.32. The molecule has 0 aliphatic carbocycles. The second-order valence-electron chi connectivity index (χ2n) is 5.03. The lowest BCUT2D eigenvalue weighted by molar-refractivity contribution is -0.131. The molecule has 0 amide bonds. The molecule has 0 heterocycles. The molecule has 0 unspecified atom stereocenters. The third-order valence-corrected chi connectivity index (χ3v) is 3.68. The Hall–Kier alpha value is -1.65. The summed E-state index contributed by atoms with van der Waals surface area (Å²) in [5, 5.41) is 18.0. The summed E-state index contributed by atoms with van der Waals surface area (Å²) in [5.41, 5.74) is 1.99. The molecule has 0 fully saturated rings. The van der Waals surface area contributed by atoms with Crippen LogP contribution in [0.5, 0.6) is 0 Å². The van der Waals surface area contributed by atoms with Crippen LogP contribution in [0.1, 0.15) is 37.8 Å². The summed E-state index contributed by atoms with van der Waals surface area (Å²) in [7, 11) is 0. The van der Waals surface area contributed by atoms with Gasteiger partial charge in [0.2, 0.25) is 0 Å². The van der Waals surface area contributed by atoms with E-state index in [0.717, 1.165) is 30.0 Å². The summed E-state index contributed by atoms with van der Waals surface area (Å²) in [6, 6.07) is 8.21. The van der Waals surface area contributed by atoms with Crippen molar-refractivity contribution >= 4 is 12.0 Å². The Morgan fingerprint density at radius 1 is 1.29 bits per heavy atom. The minimum Gasteiger partial charge on any atom is -0.478 e. The fourth-order valence-electron chi connectivity index (χ4n) is 2.54. The third-order valence-electron chi connectivity index (χ3n) is 3.68. The Morgan fingerprint density at radius 2 is 1.95 bits per heavy atom. The van der Waals surface area contributed by atoms with Crippen LogP contribution in [0.3, 0.4) is 0 Å². The van der Waals surface area contributed by atoms with Crippen LogP contribution in [0.4, 0.5) is 0 Å². The number of carbonyl (C=O) groups is 1. The summed E-state index contributed by atoms with van der Waals surface area (Å²) in [4.78, 5) is 12.9. The largest absolute Gasteiger partial charge is 0.478 e. The van der Waals surface area contributed by atoms with Gasteiger partial charge in [-0.3, -0.25) is 4.90 Å². The van der Waals surface area contributed by atoms with Crippen LogP contribution in [0.15, 0.2) is 30.3 Å². The molecule has 1 aromatic rings. The first-order valence-corrected chi connectivity index (χ1v) is 7.46. The van der Waals surface area contributed by atoms with E-state index in [9.17, 15) is 9.90 Å². The summed E-state index contributed by atoms with van der Waals surface area (Å²) >= 11 is 0. The van der Waals surface area contributed by atoms with E-state index >= 15 is 0 Å². The predicted octanol–water partition coefficient (Wildman–Crippen LogP) is 2.77. The fourth-order valence-corrected chi connectivity index (χ4v) is 2.54. The normalized spacial score (nSPS) is 11.7. The topological polar surface area (TPSA) is 60.8 Å². The molecule has 1 rings (SSSR count). The van der Waals surface area contributed by atoms with Crippen LogP contribution in [0.25, 0.3) is 6.08 Å². The highest BCUT2D eigenvalue weighted by atomic mass is 16.4. The Kier molecular flexibility index (Phi) is 7.72. The van der Waals surface area contributed by atoms with Gasteiger partial charge in [0.25, 0.3) is 0 Å². The Morgan fingerprint density at radius 3 is 2.52 bits per heavy atom. The number of rotatable bonds is 9. The Bertz CT molecular complexity index is 467. The zero-order valence-corrected chi connectivity index (χ0v) is 12.8. The molecule has 0 saturated carbocycles. The standard InChI is InChI=1S/C17H25NO3/c1-3-16(4-2)18(11-12-19)13-15-8-6-5-7-14(15)9-10-17(20)21/h5-10,16,19H,3-4,11-13H2,1-2H3,(H,20,21). The molecular formula is C17H25NO3. The maximum absolute atomic E-state index is 10.7. The van der Waals surface area contributed by atoms with Gasteiger partial charge in [0.05, 0.1) is 6.61 Å². The second-order valence-corrected chi connectivity index (χ2v) is 5.03. The van der Waals surface area contributed by atoms with Crippen LogP contribution in [-0.2, 0) is 11.3 Å². The predicted molar refractivity (Wildman–Crippen MR) is 85.0 cm³/mol. The number of hydrogen-bond acceptors (Lipinski definition) is 3. The number of nitrogens with zero attached hydrogens (tertiary/aromatic N) is 1. The number of benzene rings is 1. The number of aliphatic hydroxyl groups is 1. The lowest BCUT2D eigenvalue weighted by Crippen LogP contribution is -2.36. The molecule has 116 valence electrons.